The second-order valence-electron chi connectivity index (χ2n) is 15.9. The molecule has 0 radical (unpaired) electrons. The first-order valence-electron chi connectivity index (χ1n) is 20.7. The van der Waals surface area contributed by atoms with Crippen LogP contribution < -0.4 is 0 Å². The minimum atomic E-state index is 0.647. The monoisotopic (exact) mass is 842 g/mol. The highest BCUT2D eigenvalue weighted by Crippen LogP contribution is 2.47. The maximum atomic E-state index is 5.66. The Bertz CT molecular complexity index is 4060. The van der Waals surface area contributed by atoms with Crippen molar-refractivity contribution in [1.29, 1.82) is 0 Å². The van der Waals surface area contributed by atoms with Gasteiger partial charge in [-0.15, -0.1) is 34.0 Å². The zero-order valence-electron chi connectivity index (χ0n) is 32.8. The van der Waals surface area contributed by atoms with Gasteiger partial charge in [-0.05, 0) is 71.4 Å². The van der Waals surface area contributed by atoms with E-state index in [1.54, 1.807) is 0 Å². The molecule has 288 valence electrons. The molecule has 0 saturated heterocycles. The van der Waals surface area contributed by atoms with Gasteiger partial charge in [-0.3, -0.25) is 0 Å². The Morgan fingerprint density at radius 1 is 0.323 bits per heavy atom. The summed E-state index contributed by atoms with van der Waals surface area (Å²) in [7, 11) is 0. The second kappa shape index (κ2) is 13.1. The van der Waals surface area contributed by atoms with Crippen LogP contribution in [-0.4, -0.2) is 19.5 Å². The molecule has 4 nitrogen and oxygen atoms in total. The van der Waals surface area contributed by atoms with Gasteiger partial charge in [0.25, 0.3) is 0 Å². The first kappa shape index (κ1) is 34.4. The number of thiophene rings is 3. The van der Waals surface area contributed by atoms with E-state index in [0.29, 0.717) is 17.5 Å². The predicted octanol–water partition coefficient (Wildman–Crippen LogP) is 16.2. The highest BCUT2D eigenvalue weighted by Gasteiger charge is 2.25. The Hall–Kier alpha value is -7.29. The van der Waals surface area contributed by atoms with Crippen LogP contribution in [0.4, 0.5) is 0 Å². The summed E-state index contributed by atoms with van der Waals surface area (Å²) >= 11 is 5.44. The molecule has 0 N–H and O–H groups in total. The molecular weight excluding hydrogens is 813 g/mol. The predicted molar refractivity (Wildman–Crippen MR) is 267 cm³/mol. The third kappa shape index (κ3) is 4.95. The zero-order valence-corrected chi connectivity index (χ0v) is 35.3. The van der Waals surface area contributed by atoms with Gasteiger partial charge in [-0.25, -0.2) is 15.0 Å². The molecule has 5 heterocycles. The molecule has 0 aliphatic heterocycles. The molecular formula is C55H30N4S3. The van der Waals surface area contributed by atoms with Crippen molar-refractivity contribution in [3.05, 3.63) is 182 Å². The van der Waals surface area contributed by atoms with E-state index >= 15 is 0 Å². The number of hydrogen-bond acceptors (Lipinski definition) is 6. The summed E-state index contributed by atoms with van der Waals surface area (Å²) in [4.78, 5) is 16.8. The van der Waals surface area contributed by atoms with Crippen LogP contribution in [0.25, 0.3) is 133 Å². The molecule has 0 saturated carbocycles. The smallest absolute Gasteiger partial charge is 0.166 e. The molecule has 0 fully saturated rings. The first-order chi connectivity index (χ1) is 30.7. The molecule has 0 spiro atoms. The molecule has 5 aromatic heterocycles. The van der Waals surface area contributed by atoms with Crippen molar-refractivity contribution < 1.29 is 0 Å². The van der Waals surface area contributed by atoms with Crippen molar-refractivity contribution in [2.75, 3.05) is 0 Å². The quantitative estimate of drug-likeness (QED) is 0.177. The Morgan fingerprint density at radius 3 is 1.40 bits per heavy atom. The van der Waals surface area contributed by atoms with Crippen LogP contribution in [0.1, 0.15) is 0 Å². The number of rotatable bonds is 4. The van der Waals surface area contributed by atoms with Gasteiger partial charge in [0.15, 0.2) is 17.5 Å². The van der Waals surface area contributed by atoms with E-state index in [-0.39, 0.29) is 0 Å². The maximum Gasteiger partial charge on any atom is 0.166 e. The molecule has 0 unspecified atom stereocenters. The summed E-state index contributed by atoms with van der Waals surface area (Å²) in [5, 5.41) is 11.9. The number of aromatic nitrogens is 4. The summed E-state index contributed by atoms with van der Waals surface area (Å²) in [6, 6.07) is 65.9. The van der Waals surface area contributed by atoms with E-state index in [0.717, 1.165) is 38.8 Å². The van der Waals surface area contributed by atoms with E-state index in [1.165, 1.54) is 76.7 Å². The van der Waals surface area contributed by atoms with Crippen molar-refractivity contribution in [3.8, 4) is 39.9 Å². The van der Waals surface area contributed by atoms with Crippen LogP contribution >= 0.6 is 34.0 Å². The fourth-order valence-electron chi connectivity index (χ4n) is 9.78. The van der Waals surface area contributed by atoms with Crippen molar-refractivity contribution in [2.24, 2.45) is 0 Å². The number of fused-ring (bicyclic) bond motifs is 13. The van der Waals surface area contributed by atoms with Crippen molar-refractivity contribution in [2.45, 2.75) is 0 Å². The van der Waals surface area contributed by atoms with Crippen molar-refractivity contribution in [3.63, 3.8) is 0 Å². The SMILES string of the molecule is c1ccc2cc3c(cc2c1)c1ccccc1n3-c1ccc2sc3ccccc3c2c1-c1nc(-c2cccc3sc4ccccc4c23)nc(-c2cccc3sc4ccccc4c23)n1. The fourth-order valence-corrected chi connectivity index (χ4v) is 13.2. The van der Waals surface area contributed by atoms with Gasteiger partial charge in [0, 0.05) is 82.4 Å². The topological polar surface area (TPSA) is 43.6 Å². The lowest BCUT2D eigenvalue weighted by Gasteiger charge is -2.17. The number of benzene rings is 9. The summed E-state index contributed by atoms with van der Waals surface area (Å²) in [5.74, 6) is 1.96. The van der Waals surface area contributed by atoms with Crippen LogP contribution in [0, 0.1) is 0 Å². The second-order valence-corrected chi connectivity index (χ2v) is 19.1. The van der Waals surface area contributed by atoms with E-state index < -0.39 is 0 Å². The van der Waals surface area contributed by atoms with Gasteiger partial charge in [0.1, 0.15) is 0 Å². The maximum absolute atomic E-state index is 5.66. The van der Waals surface area contributed by atoms with Gasteiger partial charge in [0.05, 0.1) is 22.3 Å². The van der Waals surface area contributed by atoms with Crippen LogP contribution in [0.5, 0.6) is 0 Å². The van der Waals surface area contributed by atoms with Gasteiger partial charge in [-0.1, -0.05) is 121 Å². The fraction of sp³-hybridized carbons (Fsp3) is 0. The van der Waals surface area contributed by atoms with Gasteiger partial charge < -0.3 is 4.57 Å². The standard InChI is InChI=1S/C55H30N4S3/c1-2-14-32-30-42-39(29-31(32)13-1)33-15-3-7-21-40(33)59(42)41-27-28-48-51(36-18-6-10-24-45(36)62-48)52(41)55-57-53(37-19-11-25-46-49(37)34-16-4-8-22-43(34)60-46)56-54(58-55)38-20-12-26-47-50(38)35-17-5-9-23-44(35)61-47/h1-30H. The van der Waals surface area contributed by atoms with Crippen LogP contribution in [0.2, 0.25) is 0 Å². The van der Waals surface area contributed by atoms with Crippen LogP contribution in [0.15, 0.2) is 182 Å². The van der Waals surface area contributed by atoms with E-state index in [2.05, 4.69) is 187 Å². The largest absolute Gasteiger partial charge is 0.308 e. The van der Waals surface area contributed by atoms with Crippen molar-refractivity contribution in [1.82, 2.24) is 19.5 Å². The summed E-state index contributed by atoms with van der Waals surface area (Å²) < 4.78 is 9.78. The summed E-state index contributed by atoms with van der Waals surface area (Å²) in [5.41, 5.74) is 6.30. The van der Waals surface area contributed by atoms with Crippen LogP contribution in [-0.2, 0) is 0 Å². The van der Waals surface area contributed by atoms with Gasteiger partial charge >= 0.3 is 0 Å². The summed E-state index contributed by atoms with van der Waals surface area (Å²) in [6.07, 6.45) is 0. The van der Waals surface area contributed by atoms with E-state index in [9.17, 15) is 0 Å². The Morgan fingerprint density at radius 2 is 0.790 bits per heavy atom. The van der Waals surface area contributed by atoms with Gasteiger partial charge in [-0.2, -0.15) is 0 Å². The van der Waals surface area contributed by atoms with Crippen LogP contribution in [0.3, 0.4) is 0 Å². The summed E-state index contributed by atoms with van der Waals surface area (Å²) in [6.45, 7) is 0. The molecule has 0 bridgehead atoms. The van der Waals surface area contributed by atoms with E-state index in [1.807, 2.05) is 34.0 Å². The molecule has 14 rings (SSSR count). The average Bonchev–Trinajstić information content (AvgIpc) is 4.09. The zero-order chi connectivity index (χ0) is 40.5. The van der Waals surface area contributed by atoms with Gasteiger partial charge in [0.2, 0.25) is 0 Å². The molecule has 7 heteroatoms. The number of para-hydroxylation sites is 1. The highest BCUT2D eigenvalue weighted by atomic mass is 32.1. The highest BCUT2D eigenvalue weighted by molar-refractivity contribution is 7.26. The van der Waals surface area contributed by atoms with E-state index in [4.69, 9.17) is 15.0 Å². The Balaban J connectivity index is 1.16. The number of hydrogen-bond donors (Lipinski definition) is 0. The third-order valence-electron chi connectivity index (χ3n) is 12.4. The van der Waals surface area contributed by atoms with Crippen molar-refractivity contribution >= 4 is 127 Å². The first-order valence-corrected chi connectivity index (χ1v) is 23.1. The molecule has 62 heavy (non-hydrogen) atoms. The molecule has 0 atom stereocenters. The minimum absolute atomic E-state index is 0.647. The average molecular weight is 843 g/mol. The molecule has 14 aromatic rings. The number of nitrogens with zero attached hydrogens (tertiary/aromatic N) is 4. The molecule has 0 aliphatic carbocycles. The molecule has 9 aromatic carbocycles. The lowest BCUT2D eigenvalue weighted by Crippen LogP contribution is -2.04. The normalized spacial score (nSPS) is 12.2. The Labute approximate surface area is 366 Å². The minimum Gasteiger partial charge on any atom is -0.308 e. The lowest BCUT2D eigenvalue weighted by molar-refractivity contribution is 1.07. The molecule has 0 amide bonds. The Kier molecular flexibility index (Phi) is 7.28. The lowest BCUT2D eigenvalue weighted by atomic mass is 10.0. The molecule has 0 aliphatic rings. The third-order valence-corrected chi connectivity index (χ3v) is 15.9.